The monoisotopic (exact) mass is 126 g/mol. The smallest absolute Gasteiger partial charge is 0.328 e. The summed E-state index contributed by atoms with van der Waals surface area (Å²) in [7, 11) is 0. The van der Waals surface area contributed by atoms with Crippen molar-refractivity contribution in [1.82, 2.24) is 0 Å². The maximum atomic E-state index is 10.1. The SMILES string of the molecule is O=C(O)C=C1CCCC1. The maximum Gasteiger partial charge on any atom is 0.328 e. The van der Waals surface area contributed by atoms with E-state index >= 15 is 0 Å². The van der Waals surface area contributed by atoms with Gasteiger partial charge < -0.3 is 5.11 Å². The highest BCUT2D eigenvalue weighted by Crippen LogP contribution is 2.22. The number of carboxylic acids is 1. The second-order valence-electron chi connectivity index (χ2n) is 2.35. The fourth-order valence-electron chi connectivity index (χ4n) is 1.15. The van der Waals surface area contributed by atoms with E-state index in [1.807, 2.05) is 0 Å². The zero-order valence-electron chi connectivity index (χ0n) is 5.26. The number of allylic oxidation sites excluding steroid dienone is 1. The minimum Gasteiger partial charge on any atom is -0.478 e. The first-order valence-electron chi connectivity index (χ1n) is 3.21. The van der Waals surface area contributed by atoms with E-state index in [4.69, 9.17) is 5.11 Å². The summed E-state index contributed by atoms with van der Waals surface area (Å²) in [5.41, 5.74) is 1.10. The van der Waals surface area contributed by atoms with Crippen LogP contribution >= 0.6 is 0 Å². The predicted molar refractivity (Wildman–Crippen MR) is 34.2 cm³/mol. The molecule has 1 saturated carbocycles. The van der Waals surface area contributed by atoms with Gasteiger partial charge in [-0.1, -0.05) is 5.57 Å². The Balaban J connectivity index is 2.49. The zero-order chi connectivity index (χ0) is 6.69. The highest BCUT2D eigenvalue weighted by atomic mass is 16.4. The van der Waals surface area contributed by atoms with Crippen molar-refractivity contribution in [2.75, 3.05) is 0 Å². The molecule has 2 nitrogen and oxygen atoms in total. The molecule has 0 aromatic carbocycles. The average Bonchev–Trinajstić information content (AvgIpc) is 2.15. The number of carbonyl (C=O) groups is 1. The lowest BCUT2D eigenvalue weighted by Gasteiger charge is -1.88. The molecular formula is C7H10O2. The molecular weight excluding hydrogens is 116 g/mol. The third kappa shape index (κ3) is 1.88. The molecule has 0 saturated heterocycles. The summed E-state index contributed by atoms with van der Waals surface area (Å²) in [6.45, 7) is 0. The Morgan fingerprint density at radius 2 is 2.00 bits per heavy atom. The van der Waals surface area contributed by atoms with Crippen LogP contribution in [-0.2, 0) is 4.79 Å². The quantitative estimate of drug-likeness (QED) is 0.541. The first kappa shape index (κ1) is 6.33. The summed E-state index contributed by atoms with van der Waals surface area (Å²) in [5.74, 6) is -0.799. The lowest BCUT2D eigenvalue weighted by molar-refractivity contribution is -0.131. The fourth-order valence-corrected chi connectivity index (χ4v) is 1.15. The third-order valence-electron chi connectivity index (χ3n) is 1.57. The average molecular weight is 126 g/mol. The largest absolute Gasteiger partial charge is 0.478 e. The van der Waals surface area contributed by atoms with Gasteiger partial charge in [-0.15, -0.1) is 0 Å². The zero-order valence-corrected chi connectivity index (χ0v) is 5.26. The third-order valence-corrected chi connectivity index (χ3v) is 1.57. The molecule has 0 aromatic rings. The van der Waals surface area contributed by atoms with E-state index in [1.165, 1.54) is 18.9 Å². The normalized spacial score (nSPS) is 18.0. The number of aliphatic carboxylic acids is 1. The van der Waals surface area contributed by atoms with Crippen molar-refractivity contribution in [3.8, 4) is 0 Å². The van der Waals surface area contributed by atoms with Gasteiger partial charge in [0, 0.05) is 6.08 Å². The Bertz CT molecular complexity index is 139. The molecule has 50 valence electrons. The predicted octanol–water partition coefficient (Wildman–Crippen LogP) is 1.57. The molecule has 0 bridgehead atoms. The molecule has 0 aromatic heterocycles. The lowest BCUT2D eigenvalue weighted by Crippen LogP contribution is -1.88. The molecule has 0 atom stereocenters. The van der Waals surface area contributed by atoms with Crippen molar-refractivity contribution >= 4 is 5.97 Å². The van der Waals surface area contributed by atoms with Gasteiger partial charge in [0.05, 0.1) is 0 Å². The Morgan fingerprint density at radius 3 is 2.44 bits per heavy atom. The maximum absolute atomic E-state index is 10.1. The van der Waals surface area contributed by atoms with Gasteiger partial charge in [-0.25, -0.2) is 4.79 Å². The van der Waals surface area contributed by atoms with Gasteiger partial charge in [-0.2, -0.15) is 0 Å². The van der Waals surface area contributed by atoms with Crippen molar-refractivity contribution in [1.29, 1.82) is 0 Å². The molecule has 1 fully saturated rings. The summed E-state index contributed by atoms with van der Waals surface area (Å²) < 4.78 is 0. The van der Waals surface area contributed by atoms with Crippen LogP contribution in [0.2, 0.25) is 0 Å². The summed E-state index contributed by atoms with van der Waals surface area (Å²) in [6.07, 6.45) is 5.66. The molecule has 1 rings (SSSR count). The van der Waals surface area contributed by atoms with Gasteiger partial charge in [0.15, 0.2) is 0 Å². The molecule has 9 heavy (non-hydrogen) atoms. The van der Waals surface area contributed by atoms with Crippen molar-refractivity contribution in [2.24, 2.45) is 0 Å². The first-order valence-corrected chi connectivity index (χ1v) is 3.21. The summed E-state index contributed by atoms with van der Waals surface area (Å²) in [6, 6.07) is 0. The molecule has 0 amide bonds. The van der Waals surface area contributed by atoms with Gasteiger partial charge in [0.25, 0.3) is 0 Å². The van der Waals surface area contributed by atoms with Gasteiger partial charge in [0.1, 0.15) is 0 Å². The van der Waals surface area contributed by atoms with Crippen molar-refractivity contribution in [3.63, 3.8) is 0 Å². The minimum absolute atomic E-state index is 0.799. The van der Waals surface area contributed by atoms with Crippen LogP contribution in [0.25, 0.3) is 0 Å². The lowest BCUT2D eigenvalue weighted by atomic mass is 10.2. The molecule has 0 unspecified atom stereocenters. The van der Waals surface area contributed by atoms with Gasteiger partial charge in [-0.05, 0) is 25.7 Å². The highest BCUT2D eigenvalue weighted by Gasteiger charge is 2.06. The highest BCUT2D eigenvalue weighted by molar-refractivity contribution is 5.80. The van der Waals surface area contributed by atoms with Gasteiger partial charge in [0.2, 0.25) is 0 Å². The van der Waals surface area contributed by atoms with Crippen LogP contribution in [0.4, 0.5) is 0 Å². The number of hydrogen-bond donors (Lipinski definition) is 1. The molecule has 2 heteroatoms. The van der Waals surface area contributed by atoms with Crippen LogP contribution in [-0.4, -0.2) is 11.1 Å². The first-order chi connectivity index (χ1) is 4.29. The standard InChI is InChI=1S/C7H10O2/c8-7(9)5-6-3-1-2-4-6/h5H,1-4H2,(H,8,9). The molecule has 1 N–H and O–H groups in total. The number of hydrogen-bond acceptors (Lipinski definition) is 1. The minimum atomic E-state index is -0.799. The number of carboxylic acid groups (broad SMARTS) is 1. The van der Waals surface area contributed by atoms with E-state index < -0.39 is 5.97 Å². The van der Waals surface area contributed by atoms with E-state index in [0.717, 1.165) is 18.4 Å². The molecule has 0 heterocycles. The van der Waals surface area contributed by atoms with E-state index in [1.54, 1.807) is 0 Å². The van der Waals surface area contributed by atoms with Gasteiger partial charge in [-0.3, -0.25) is 0 Å². The summed E-state index contributed by atoms with van der Waals surface area (Å²) >= 11 is 0. The Hall–Kier alpha value is -0.790. The van der Waals surface area contributed by atoms with Crippen LogP contribution in [0.3, 0.4) is 0 Å². The van der Waals surface area contributed by atoms with Crippen LogP contribution in [0.1, 0.15) is 25.7 Å². The fraction of sp³-hybridized carbons (Fsp3) is 0.571. The summed E-state index contributed by atoms with van der Waals surface area (Å²) in [5, 5.41) is 8.30. The Morgan fingerprint density at radius 1 is 1.44 bits per heavy atom. The van der Waals surface area contributed by atoms with E-state index in [9.17, 15) is 4.79 Å². The van der Waals surface area contributed by atoms with Crippen LogP contribution < -0.4 is 0 Å². The number of rotatable bonds is 1. The molecule has 1 aliphatic rings. The summed E-state index contributed by atoms with van der Waals surface area (Å²) in [4.78, 5) is 10.1. The van der Waals surface area contributed by atoms with Crippen molar-refractivity contribution in [3.05, 3.63) is 11.6 Å². The van der Waals surface area contributed by atoms with E-state index in [-0.39, 0.29) is 0 Å². The van der Waals surface area contributed by atoms with Crippen LogP contribution in [0, 0.1) is 0 Å². The second-order valence-corrected chi connectivity index (χ2v) is 2.35. The molecule has 0 spiro atoms. The molecule has 1 aliphatic carbocycles. The van der Waals surface area contributed by atoms with Crippen molar-refractivity contribution in [2.45, 2.75) is 25.7 Å². The van der Waals surface area contributed by atoms with Crippen LogP contribution in [0.15, 0.2) is 11.6 Å². The molecule has 0 radical (unpaired) electrons. The Labute approximate surface area is 54.2 Å². The Kier molecular flexibility index (Phi) is 1.88. The molecule has 0 aliphatic heterocycles. The van der Waals surface area contributed by atoms with Crippen LogP contribution in [0.5, 0.6) is 0 Å². The van der Waals surface area contributed by atoms with E-state index in [0.29, 0.717) is 0 Å². The van der Waals surface area contributed by atoms with Gasteiger partial charge >= 0.3 is 5.97 Å². The van der Waals surface area contributed by atoms with Crippen molar-refractivity contribution < 1.29 is 9.90 Å². The second kappa shape index (κ2) is 2.67. The topological polar surface area (TPSA) is 37.3 Å². The van der Waals surface area contributed by atoms with E-state index in [2.05, 4.69) is 0 Å².